The predicted molar refractivity (Wildman–Crippen MR) is 88.7 cm³/mol. The lowest BCUT2D eigenvalue weighted by Crippen LogP contribution is -2.03. The van der Waals surface area contributed by atoms with E-state index >= 15 is 0 Å². The Labute approximate surface area is 137 Å². The molecule has 2 aromatic carbocycles. The number of hydrogen-bond acceptors (Lipinski definition) is 5. The molecule has 3 aromatic rings. The van der Waals surface area contributed by atoms with Crippen molar-refractivity contribution in [3.63, 3.8) is 0 Å². The Bertz CT molecular complexity index is 883. The van der Waals surface area contributed by atoms with Gasteiger partial charge in [0.25, 0.3) is 0 Å². The molecule has 0 saturated heterocycles. The molecule has 0 aliphatic heterocycles. The van der Waals surface area contributed by atoms with E-state index in [0.717, 1.165) is 23.4 Å². The Hall–Kier alpha value is -3.09. The minimum Gasteiger partial charge on any atom is -0.336 e. The summed E-state index contributed by atoms with van der Waals surface area (Å²) in [6.07, 6.45) is 1.36. The minimum atomic E-state index is -0.711. The predicted octanol–water partition coefficient (Wildman–Crippen LogP) is 4.25. The summed E-state index contributed by atoms with van der Waals surface area (Å²) in [5.41, 5.74) is 3.25. The number of halogens is 2. The van der Waals surface area contributed by atoms with Crippen LogP contribution in [0.1, 0.15) is 11.1 Å². The van der Waals surface area contributed by atoms with Crippen LogP contribution in [-0.2, 0) is 0 Å². The van der Waals surface area contributed by atoms with Crippen molar-refractivity contribution in [3.8, 4) is 0 Å². The van der Waals surface area contributed by atoms with Crippen LogP contribution in [0.4, 0.5) is 31.9 Å². The third kappa shape index (κ3) is 3.62. The monoisotopic (exact) mass is 327 g/mol. The zero-order chi connectivity index (χ0) is 17.1. The Balaban J connectivity index is 1.79. The quantitative estimate of drug-likeness (QED) is 0.750. The molecule has 0 aliphatic rings. The van der Waals surface area contributed by atoms with Gasteiger partial charge in [0.1, 0.15) is 11.6 Å². The van der Waals surface area contributed by atoms with Crippen molar-refractivity contribution in [1.29, 1.82) is 0 Å². The number of aryl methyl sites for hydroxylation is 2. The molecule has 0 saturated carbocycles. The summed E-state index contributed by atoms with van der Waals surface area (Å²) in [5, 5.41) is 13.5. The van der Waals surface area contributed by atoms with Crippen LogP contribution >= 0.6 is 0 Å². The van der Waals surface area contributed by atoms with Crippen LogP contribution in [0.2, 0.25) is 0 Å². The molecule has 24 heavy (non-hydrogen) atoms. The van der Waals surface area contributed by atoms with Gasteiger partial charge in [0.2, 0.25) is 5.95 Å². The second-order valence-corrected chi connectivity index (χ2v) is 5.34. The molecule has 0 amide bonds. The number of aromatic nitrogens is 3. The fourth-order valence-electron chi connectivity index (χ4n) is 2.09. The molecule has 0 fully saturated rings. The zero-order valence-corrected chi connectivity index (χ0v) is 13.1. The molecule has 0 atom stereocenters. The van der Waals surface area contributed by atoms with Gasteiger partial charge in [-0.15, -0.1) is 5.10 Å². The first-order valence-electron chi connectivity index (χ1n) is 7.27. The maximum Gasteiger partial charge on any atom is 0.249 e. The Morgan fingerprint density at radius 2 is 1.75 bits per heavy atom. The third-order valence-electron chi connectivity index (χ3n) is 3.52. The summed E-state index contributed by atoms with van der Waals surface area (Å²) >= 11 is 0. The van der Waals surface area contributed by atoms with Crippen molar-refractivity contribution in [3.05, 3.63) is 65.4 Å². The van der Waals surface area contributed by atoms with Gasteiger partial charge in [0.15, 0.2) is 5.82 Å². The van der Waals surface area contributed by atoms with Crippen LogP contribution in [0, 0.1) is 25.5 Å². The van der Waals surface area contributed by atoms with Crippen molar-refractivity contribution in [2.45, 2.75) is 13.8 Å². The number of nitrogens with one attached hydrogen (secondary N) is 2. The topological polar surface area (TPSA) is 62.7 Å². The van der Waals surface area contributed by atoms with Crippen LogP contribution in [0.3, 0.4) is 0 Å². The molecule has 1 heterocycles. The second kappa shape index (κ2) is 6.57. The van der Waals surface area contributed by atoms with Crippen molar-refractivity contribution in [2.75, 3.05) is 10.6 Å². The maximum absolute atomic E-state index is 13.7. The van der Waals surface area contributed by atoms with Crippen LogP contribution in [0.25, 0.3) is 0 Å². The smallest absolute Gasteiger partial charge is 0.249 e. The average molecular weight is 327 g/mol. The molecule has 0 radical (unpaired) electrons. The number of benzene rings is 2. The standard InChI is InChI=1S/C17H15F2N5/c1-10-3-5-13(7-11(10)2)21-17-23-16(9-20-24-17)22-15-6-4-12(18)8-14(15)19/h3-9H,1-2H3,(H2,21,22,23,24). The molecule has 2 N–H and O–H groups in total. The van der Waals surface area contributed by atoms with Crippen molar-refractivity contribution >= 4 is 23.1 Å². The van der Waals surface area contributed by atoms with Gasteiger partial charge in [-0.3, -0.25) is 0 Å². The van der Waals surface area contributed by atoms with Gasteiger partial charge in [-0.25, -0.2) is 8.78 Å². The highest BCUT2D eigenvalue weighted by Gasteiger charge is 2.07. The summed E-state index contributed by atoms with van der Waals surface area (Å²) in [7, 11) is 0. The molecule has 122 valence electrons. The highest BCUT2D eigenvalue weighted by atomic mass is 19.1. The first-order chi connectivity index (χ1) is 11.5. The SMILES string of the molecule is Cc1ccc(Nc2nncc(Nc3ccc(F)cc3F)n2)cc1C. The number of rotatable bonds is 4. The van der Waals surface area contributed by atoms with Gasteiger partial charge >= 0.3 is 0 Å². The first-order valence-corrected chi connectivity index (χ1v) is 7.27. The fourth-order valence-corrected chi connectivity index (χ4v) is 2.09. The van der Waals surface area contributed by atoms with Gasteiger partial charge in [-0.2, -0.15) is 10.1 Å². The highest BCUT2D eigenvalue weighted by Crippen LogP contribution is 2.21. The summed E-state index contributed by atoms with van der Waals surface area (Å²) in [5.74, 6) is -0.791. The molecule has 0 spiro atoms. The Morgan fingerprint density at radius 1 is 0.917 bits per heavy atom. The Morgan fingerprint density at radius 3 is 2.50 bits per heavy atom. The fraction of sp³-hybridized carbons (Fsp3) is 0.118. The molecule has 0 aliphatic carbocycles. The van der Waals surface area contributed by atoms with Gasteiger partial charge in [-0.1, -0.05) is 6.07 Å². The zero-order valence-electron chi connectivity index (χ0n) is 13.1. The molecule has 3 rings (SSSR count). The molecule has 1 aromatic heterocycles. The van der Waals surface area contributed by atoms with Crippen molar-refractivity contribution < 1.29 is 8.78 Å². The van der Waals surface area contributed by atoms with Gasteiger partial charge < -0.3 is 10.6 Å². The number of hydrogen-bond donors (Lipinski definition) is 2. The number of anilines is 4. The van der Waals surface area contributed by atoms with Gasteiger partial charge in [0, 0.05) is 11.8 Å². The lowest BCUT2D eigenvalue weighted by Gasteiger charge is -2.09. The highest BCUT2D eigenvalue weighted by molar-refractivity contribution is 5.59. The van der Waals surface area contributed by atoms with Crippen LogP contribution in [-0.4, -0.2) is 15.2 Å². The summed E-state index contributed by atoms with van der Waals surface area (Å²) in [4.78, 5) is 4.22. The largest absolute Gasteiger partial charge is 0.336 e. The molecular weight excluding hydrogens is 312 g/mol. The molecule has 5 nitrogen and oxygen atoms in total. The summed E-state index contributed by atoms with van der Waals surface area (Å²) < 4.78 is 26.6. The van der Waals surface area contributed by atoms with E-state index in [4.69, 9.17) is 0 Å². The molecular formula is C17H15F2N5. The van der Waals surface area contributed by atoms with Crippen molar-refractivity contribution in [2.24, 2.45) is 0 Å². The van der Waals surface area contributed by atoms with E-state index in [0.29, 0.717) is 5.82 Å². The lowest BCUT2D eigenvalue weighted by atomic mass is 10.1. The lowest BCUT2D eigenvalue weighted by molar-refractivity contribution is 0.586. The van der Waals surface area contributed by atoms with Crippen molar-refractivity contribution in [1.82, 2.24) is 15.2 Å². The number of nitrogens with zero attached hydrogens (tertiary/aromatic N) is 3. The second-order valence-electron chi connectivity index (χ2n) is 5.34. The van der Waals surface area contributed by atoms with Gasteiger partial charge in [-0.05, 0) is 49.2 Å². The molecule has 7 heteroatoms. The third-order valence-corrected chi connectivity index (χ3v) is 3.52. The first kappa shape index (κ1) is 15.8. The van der Waals surface area contributed by atoms with E-state index in [9.17, 15) is 8.78 Å². The summed E-state index contributed by atoms with van der Waals surface area (Å²) in [6, 6.07) is 9.12. The van der Waals surface area contributed by atoms with E-state index in [1.54, 1.807) is 0 Å². The Kier molecular flexibility index (Phi) is 4.33. The molecule has 0 bridgehead atoms. The molecule has 0 unspecified atom stereocenters. The van der Waals surface area contributed by atoms with E-state index < -0.39 is 11.6 Å². The summed E-state index contributed by atoms with van der Waals surface area (Å²) in [6.45, 7) is 4.04. The van der Waals surface area contributed by atoms with Crippen LogP contribution in [0.15, 0.2) is 42.6 Å². The normalized spacial score (nSPS) is 10.5. The van der Waals surface area contributed by atoms with Crippen LogP contribution in [0.5, 0.6) is 0 Å². The maximum atomic E-state index is 13.7. The van der Waals surface area contributed by atoms with E-state index in [1.165, 1.54) is 17.8 Å². The van der Waals surface area contributed by atoms with E-state index in [-0.39, 0.29) is 11.6 Å². The van der Waals surface area contributed by atoms with E-state index in [1.807, 2.05) is 32.0 Å². The average Bonchev–Trinajstić information content (AvgIpc) is 2.54. The van der Waals surface area contributed by atoms with E-state index in [2.05, 4.69) is 25.8 Å². The van der Waals surface area contributed by atoms with Crippen LogP contribution < -0.4 is 10.6 Å². The van der Waals surface area contributed by atoms with Gasteiger partial charge in [0.05, 0.1) is 11.9 Å². The minimum absolute atomic E-state index is 0.106.